The Kier molecular flexibility index (Phi) is 1.00. The second kappa shape index (κ2) is 1.63. The van der Waals surface area contributed by atoms with Gasteiger partial charge in [-0.25, -0.2) is 0 Å². The number of hydrogen-bond donors (Lipinski definition) is 0. The van der Waals surface area contributed by atoms with Gasteiger partial charge in [-0.2, -0.15) is 0 Å². The maximum atomic E-state index is 2.54. The second-order valence-electron chi connectivity index (χ2n) is 6.21. The van der Waals surface area contributed by atoms with E-state index in [-0.39, 0.29) is 0 Å². The van der Waals surface area contributed by atoms with Crippen LogP contribution in [-0.4, -0.2) is 0 Å². The Bertz CT molecular complexity index is 218. The molecule has 0 saturated heterocycles. The Morgan fingerprint density at radius 1 is 0.833 bits per heavy atom. The zero-order chi connectivity index (χ0) is 8.72. The van der Waals surface area contributed by atoms with E-state index in [0.717, 1.165) is 34.5 Å². The molecule has 0 aromatic rings. The van der Waals surface area contributed by atoms with Gasteiger partial charge in [0.2, 0.25) is 0 Å². The van der Waals surface area contributed by atoms with Crippen LogP contribution in [0.25, 0.3) is 0 Å². The monoisotopic (exact) mass is 164 g/mol. The molecule has 0 heterocycles. The molecule has 12 heavy (non-hydrogen) atoms. The van der Waals surface area contributed by atoms with Gasteiger partial charge >= 0.3 is 0 Å². The third-order valence-electron chi connectivity index (χ3n) is 6.30. The fraction of sp³-hybridized carbons (Fsp3) is 1.00. The molecule has 6 aliphatic rings. The van der Waals surface area contributed by atoms with Gasteiger partial charge in [-0.1, -0.05) is 27.7 Å². The fourth-order valence-electron chi connectivity index (χ4n) is 4.86. The highest BCUT2D eigenvalue weighted by atomic mass is 14.8. The molecular weight excluding hydrogens is 144 g/mol. The molecule has 0 aromatic carbocycles. The van der Waals surface area contributed by atoms with Crippen LogP contribution in [0.4, 0.5) is 0 Å². The van der Waals surface area contributed by atoms with Crippen molar-refractivity contribution in [3.63, 3.8) is 0 Å². The van der Waals surface area contributed by atoms with E-state index in [1.165, 1.54) is 0 Å². The molecule has 0 aliphatic heterocycles. The van der Waals surface area contributed by atoms with Gasteiger partial charge in [0.1, 0.15) is 0 Å². The van der Waals surface area contributed by atoms with Gasteiger partial charge in [-0.05, 0) is 47.3 Å². The van der Waals surface area contributed by atoms with Crippen molar-refractivity contribution >= 4 is 0 Å². The summed E-state index contributed by atoms with van der Waals surface area (Å²) in [5.74, 6) is 4.19. The second-order valence-corrected chi connectivity index (χ2v) is 6.21. The SMILES string of the molecule is CC1C2CC1(C)C1CC2(C)C1C. The summed E-state index contributed by atoms with van der Waals surface area (Å²) in [7, 11) is 0. The van der Waals surface area contributed by atoms with Crippen LogP contribution in [0, 0.1) is 34.5 Å². The van der Waals surface area contributed by atoms with E-state index in [4.69, 9.17) is 0 Å². The van der Waals surface area contributed by atoms with E-state index in [1.807, 2.05) is 0 Å². The summed E-state index contributed by atoms with van der Waals surface area (Å²) < 4.78 is 0. The van der Waals surface area contributed by atoms with Gasteiger partial charge < -0.3 is 0 Å². The molecule has 0 nitrogen and oxygen atoms in total. The Morgan fingerprint density at radius 2 is 1.17 bits per heavy atom. The quantitative estimate of drug-likeness (QED) is 0.515. The molecule has 6 unspecified atom stereocenters. The van der Waals surface area contributed by atoms with E-state index in [0.29, 0.717) is 0 Å². The molecule has 6 fully saturated rings. The highest BCUT2D eigenvalue weighted by molar-refractivity contribution is 5.21. The Labute approximate surface area is 75.7 Å². The predicted octanol–water partition coefficient (Wildman–Crippen LogP) is 3.32. The lowest BCUT2D eigenvalue weighted by atomic mass is 9.26. The molecule has 0 N–H and O–H groups in total. The van der Waals surface area contributed by atoms with E-state index in [2.05, 4.69) is 27.7 Å². The largest absolute Gasteiger partial charge is 0.0617 e. The van der Waals surface area contributed by atoms with Crippen LogP contribution in [0.1, 0.15) is 40.5 Å². The van der Waals surface area contributed by atoms with Gasteiger partial charge in [-0.15, -0.1) is 0 Å². The lowest BCUT2D eigenvalue weighted by molar-refractivity contribution is -0.304. The standard InChI is InChI=1S/C12H20/c1-7-9-5-11(7,3)10-6-12(9,4)8(10)2/h7-10H,5-6H2,1-4H3. The molecule has 68 valence electrons. The Morgan fingerprint density at radius 3 is 1.42 bits per heavy atom. The van der Waals surface area contributed by atoms with Crippen molar-refractivity contribution in [3.05, 3.63) is 0 Å². The highest BCUT2D eigenvalue weighted by Crippen LogP contribution is 2.79. The van der Waals surface area contributed by atoms with Crippen molar-refractivity contribution < 1.29 is 0 Å². The summed E-state index contributed by atoms with van der Waals surface area (Å²) in [5.41, 5.74) is 1.50. The molecule has 0 spiro atoms. The third-order valence-corrected chi connectivity index (χ3v) is 6.30. The van der Waals surface area contributed by atoms with Crippen molar-refractivity contribution in [1.82, 2.24) is 0 Å². The van der Waals surface area contributed by atoms with E-state index in [1.54, 1.807) is 12.8 Å². The highest BCUT2D eigenvalue weighted by Gasteiger charge is 2.73. The summed E-state index contributed by atoms with van der Waals surface area (Å²) in [6.45, 7) is 10.1. The first kappa shape index (κ1) is 7.41. The molecule has 0 heteroatoms. The summed E-state index contributed by atoms with van der Waals surface area (Å²) in [4.78, 5) is 0. The van der Waals surface area contributed by atoms with Gasteiger partial charge in [0.15, 0.2) is 0 Å². The lowest BCUT2D eigenvalue weighted by Gasteiger charge is -2.79. The minimum Gasteiger partial charge on any atom is -0.0617 e. The average molecular weight is 164 g/mol. The number of rotatable bonds is 0. The molecular formula is C12H20. The van der Waals surface area contributed by atoms with Crippen molar-refractivity contribution in [2.24, 2.45) is 34.5 Å². The molecule has 6 aliphatic carbocycles. The van der Waals surface area contributed by atoms with Gasteiger partial charge in [0, 0.05) is 0 Å². The minimum absolute atomic E-state index is 0.752. The summed E-state index contributed by atoms with van der Waals surface area (Å²) in [6.07, 6.45) is 3.08. The van der Waals surface area contributed by atoms with Gasteiger partial charge in [-0.3, -0.25) is 0 Å². The van der Waals surface area contributed by atoms with Crippen LogP contribution in [-0.2, 0) is 0 Å². The smallest absolute Gasteiger partial charge is 0.0263 e. The van der Waals surface area contributed by atoms with Gasteiger partial charge in [0.25, 0.3) is 0 Å². The fourth-order valence-corrected chi connectivity index (χ4v) is 4.86. The van der Waals surface area contributed by atoms with E-state index in [9.17, 15) is 0 Å². The molecule has 6 rings (SSSR count). The van der Waals surface area contributed by atoms with Crippen LogP contribution in [0.5, 0.6) is 0 Å². The molecule has 4 bridgehead atoms. The first-order valence-corrected chi connectivity index (χ1v) is 5.50. The average Bonchev–Trinajstić information content (AvgIpc) is 2.06. The van der Waals surface area contributed by atoms with Gasteiger partial charge in [0.05, 0.1) is 0 Å². The van der Waals surface area contributed by atoms with Crippen molar-refractivity contribution in [2.75, 3.05) is 0 Å². The summed E-state index contributed by atoms with van der Waals surface area (Å²) in [6, 6.07) is 0. The zero-order valence-electron chi connectivity index (χ0n) is 8.72. The molecule has 6 atom stereocenters. The Balaban J connectivity index is 2.02. The van der Waals surface area contributed by atoms with Crippen LogP contribution in [0.2, 0.25) is 0 Å². The van der Waals surface area contributed by atoms with E-state index < -0.39 is 0 Å². The first-order valence-electron chi connectivity index (χ1n) is 5.50. The summed E-state index contributed by atoms with van der Waals surface area (Å²) >= 11 is 0. The van der Waals surface area contributed by atoms with Crippen LogP contribution in [0.3, 0.4) is 0 Å². The van der Waals surface area contributed by atoms with Crippen molar-refractivity contribution in [2.45, 2.75) is 40.5 Å². The third kappa shape index (κ3) is 0.459. The van der Waals surface area contributed by atoms with Crippen LogP contribution >= 0.6 is 0 Å². The van der Waals surface area contributed by atoms with Crippen LogP contribution in [0.15, 0.2) is 0 Å². The first-order chi connectivity index (χ1) is 5.50. The molecule has 6 saturated carbocycles. The number of hydrogen-bond acceptors (Lipinski definition) is 0. The molecule has 0 aromatic heterocycles. The normalized spacial score (nSPS) is 73.0. The minimum atomic E-state index is 0.752. The Hall–Kier alpha value is 0. The van der Waals surface area contributed by atoms with Crippen molar-refractivity contribution in [3.8, 4) is 0 Å². The molecule has 0 amide bonds. The lowest BCUT2D eigenvalue weighted by Crippen LogP contribution is -2.72. The van der Waals surface area contributed by atoms with Crippen LogP contribution < -0.4 is 0 Å². The molecule has 0 radical (unpaired) electrons. The zero-order valence-corrected chi connectivity index (χ0v) is 8.72. The maximum Gasteiger partial charge on any atom is -0.0263 e. The van der Waals surface area contributed by atoms with Crippen molar-refractivity contribution in [1.29, 1.82) is 0 Å². The topological polar surface area (TPSA) is 0 Å². The van der Waals surface area contributed by atoms with E-state index >= 15 is 0 Å². The summed E-state index contributed by atoms with van der Waals surface area (Å²) in [5, 5.41) is 0. The predicted molar refractivity (Wildman–Crippen MR) is 50.8 cm³/mol. The maximum absolute atomic E-state index is 2.54.